The Morgan fingerprint density at radius 3 is 2.26 bits per heavy atom. The molecule has 1 aliphatic heterocycles. The van der Waals surface area contributed by atoms with Crippen molar-refractivity contribution in [2.24, 2.45) is 0 Å². The molecule has 1 heterocycles. The first-order chi connectivity index (χ1) is 8.71. The van der Waals surface area contributed by atoms with Gasteiger partial charge in [0.1, 0.15) is 5.82 Å². The van der Waals surface area contributed by atoms with Crippen molar-refractivity contribution in [2.45, 2.75) is 38.9 Å². The molecule has 0 radical (unpaired) electrons. The second kappa shape index (κ2) is 5.04. The van der Waals surface area contributed by atoms with Crippen LogP contribution in [0.3, 0.4) is 0 Å². The molecule has 0 saturated carbocycles. The summed E-state index contributed by atoms with van der Waals surface area (Å²) in [6.45, 7) is 8.04. The van der Waals surface area contributed by atoms with Crippen LogP contribution in [0, 0.1) is 5.82 Å². The number of hydrogen-bond donors (Lipinski definition) is 0. The van der Waals surface area contributed by atoms with Crippen molar-refractivity contribution in [3.05, 3.63) is 40.0 Å². The third-order valence-corrected chi connectivity index (χ3v) is 4.27. The fourth-order valence-electron chi connectivity index (χ4n) is 1.77. The maximum Gasteiger partial charge on any atom is 0.487 e. The molecule has 0 bridgehead atoms. The van der Waals surface area contributed by atoms with Crippen LogP contribution in [0.4, 0.5) is 4.39 Å². The van der Waals surface area contributed by atoms with Crippen LogP contribution in [-0.2, 0) is 9.31 Å². The van der Waals surface area contributed by atoms with Gasteiger partial charge in [-0.1, -0.05) is 18.1 Å². The van der Waals surface area contributed by atoms with Crippen LogP contribution in [0.15, 0.2) is 28.6 Å². The highest BCUT2D eigenvalue weighted by molar-refractivity contribution is 9.10. The second-order valence-electron chi connectivity index (χ2n) is 5.66. The molecule has 0 N–H and O–H groups in total. The quantitative estimate of drug-likeness (QED) is 0.757. The van der Waals surface area contributed by atoms with Gasteiger partial charge in [-0.25, -0.2) is 4.39 Å². The maximum absolute atomic E-state index is 13.1. The monoisotopic (exact) mass is 326 g/mol. The molecule has 1 aliphatic rings. The smallest absolute Gasteiger partial charge is 0.400 e. The van der Waals surface area contributed by atoms with Crippen molar-refractivity contribution in [3.8, 4) is 0 Å². The molecule has 102 valence electrons. The third kappa shape index (κ3) is 3.10. The van der Waals surface area contributed by atoms with E-state index in [0.717, 1.165) is 5.56 Å². The Labute approximate surface area is 122 Å². The van der Waals surface area contributed by atoms with Crippen LogP contribution in [0.25, 0.3) is 6.08 Å². The lowest BCUT2D eigenvalue weighted by atomic mass is 9.89. The van der Waals surface area contributed by atoms with Gasteiger partial charge in [0.25, 0.3) is 0 Å². The minimum atomic E-state index is -0.381. The molecule has 0 spiro atoms. The van der Waals surface area contributed by atoms with Gasteiger partial charge in [0.05, 0.1) is 15.7 Å². The van der Waals surface area contributed by atoms with Crippen LogP contribution in [0.2, 0.25) is 0 Å². The minimum absolute atomic E-state index is 0.271. The Morgan fingerprint density at radius 1 is 1.16 bits per heavy atom. The first kappa shape index (κ1) is 14.8. The van der Waals surface area contributed by atoms with Crippen molar-refractivity contribution in [2.75, 3.05) is 0 Å². The van der Waals surface area contributed by atoms with E-state index in [2.05, 4.69) is 15.9 Å². The fourth-order valence-corrected chi connectivity index (χ4v) is 2.17. The zero-order valence-electron chi connectivity index (χ0n) is 11.5. The minimum Gasteiger partial charge on any atom is -0.400 e. The summed E-state index contributed by atoms with van der Waals surface area (Å²) in [5, 5.41) is 0. The molecule has 1 aromatic carbocycles. The third-order valence-electron chi connectivity index (χ3n) is 3.66. The van der Waals surface area contributed by atoms with Crippen molar-refractivity contribution < 1.29 is 13.7 Å². The molecule has 1 fully saturated rings. The summed E-state index contributed by atoms with van der Waals surface area (Å²) in [4.78, 5) is 0. The molecule has 1 saturated heterocycles. The molecule has 0 amide bonds. The summed E-state index contributed by atoms with van der Waals surface area (Å²) >= 11 is 3.16. The summed E-state index contributed by atoms with van der Waals surface area (Å²) in [5.41, 5.74) is 0.208. The van der Waals surface area contributed by atoms with Crippen LogP contribution >= 0.6 is 15.9 Å². The van der Waals surface area contributed by atoms with E-state index in [-0.39, 0.29) is 24.1 Å². The average Bonchev–Trinajstić information content (AvgIpc) is 2.49. The Balaban J connectivity index is 2.10. The molecular weight excluding hydrogens is 310 g/mol. The van der Waals surface area contributed by atoms with Gasteiger partial charge >= 0.3 is 7.12 Å². The van der Waals surface area contributed by atoms with Gasteiger partial charge in [0, 0.05) is 0 Å². The highest BCUT2D eigenvalue weighted by atomic mass is 79.9. The van der Waals surface area contributed by atoms with Gasteiger partial charge in [-0.05, 0) is 61.3 Å². The molecule has 0 atom stereocenters. The van der Waals surface area contributed by atoms with Gasteiger partial charge in [-0.2, -0.15) is 0 Å². The molecule has 2 nitrogen and oxygen atoms in total. The highest BCUT2D eigenvalue weighted by Gasteiger charge is 2.49. The van der Waals surface area contributed by atoms with Gasteiger partial charge < -0.3 is 9.31 Å². The van der Waals surface area contributed by atoms with Crippen molar-refractivity contribution in [3.63, 3.8) is 0 Å². The summed E-state index contributed by atoms with van der Waals surface area (Å²) < 4.78 is 25.3. The standard InChI is InChI=1S/C14H17BBrFO2/c1-13(2)14(3,4)19-15(18-13)8-7-10-5-6-12(17)11(16)9-10/h5-9H,1-4H3/b8-7+. The largest absolute Gasteiger partial charge is 0.487 e. The predicted octanol–water partition coefficient (Wildman–Crippen LogP) is 4.23. The number of halogens is 2. The van der Waals surface area contributed by atoms with E-state index < -0.39 is 0 Å². The van der Waals surface area contributed by atoms with Crippen molar-refractivity contribution in [1.82, 2.24) is 0 Å². The van der Waals surface area contributed by atoms with E-state index in [1.54, 1.807) is 12.1 Å². The first-order valence-corrected chi connectivity index (χ1v) is 6.99. The Kier molecular flexibility index (Phi) is 3.91. The summed E-state index contributed by atoms with van der Waals surface area (Å²) in [6.07, 6.45) is 1.87. The van der Waals surface area contributed by atoms with Gasteiger partial charge in [-0.15, -0.1) is 0 Å². The normalized spacial score (nSPS) is 21.3. The van der Waals surface area contributed by atoms with Crippen molar-refractivity contribution in [1.29, 1.82) is 0 Å². The molecule has 19 heavy (non-hydrogen) atoms. The zero-order chi connectivity index (χ0) is 14.3. The van der Waals surface area contributed by atoms with Crippen LogP contribution < -0.4 is 0 Å². The molecular formula is C14H17BBrFO2. The van der Waals surface area contributed by atoms with Crippen LogP contribution in [0.1, 0.15) is 33.3 Å². The SMILES string of the molecule is CC1(C)OB(/C=C/c2ccc(F)c(Br)c2)OC1(C)C. The van der Waals surface area contributed by atoms with Crippen LogP contribution in [0.5, 0.6) is 0 Å². The predicted molar refractivity (Wildman–Crippen MR) is 79.2 cm³/mol. The molecule has 2 rings (SSSR count). The van der Waals surface area contributed by atoms with E-state index >= 15 is 0 Å². The lowest BCUT2D eigenvalue weighted by molar-refractivity contribution is 0.00578. The lowest BCUT2D eigenvalue weighted by Gasteiger charge is -2.32. The fraction of sp³-hybridized carbons (Fsp3) is 0.429. The maximum atomic E-state index is 13.1. The Morgan fingerprint density at radius 2 is 1.74 bits per heavy atom. The highest BCUT2D eigenvalue weighted by Crippen LogP contribution is 2.37. The van der Waals surface area contributed by atoms with E-state index in [0.29, 0.717) is 4.47 Å². The molecule has 0 aliphatic carbocycles. The van der Waals surface area contributed by atoms with E-state index in [1.807, 2.05) is 39.7 Å². The van der Waals surface area contributed by atoms with Gasteiger partial charge in [0.15, 0.2) is 0 Å². The average molecular weight is 327 g/mol. The van der Waals surface area contributed by atoms with Crippen LogP contribution in [-0.4, -0.2) is 18.3 Å². The number of rotatable bonds is 2. The topological polar surface area (TPSA) is 18.5 Å². The van der Waals surface area contributed by atoms with E-state index in [9.17, 15) is 4.39 Å². The molecule has 5 heteroatoms. The lowest BCUT2D eigenvalue weighted by Crippen LogP contribution is -2.41. The van der Waals surface area contributed by atoms with Crippen molar-refractivity contribution >= 4 is 29.1 Å². The van der Waals surface area contributed by atoms with E-state index in [1.165, 1.54) is 6.07 Å². The summed E-state index contributed by atoms with van der Waals surface area (Å²) in [7, 11) is -0.381. The molecule has 0 aromatic heterocycles. The number of benzene rings is 1. The van der Waals surface area contributed by atoms with Gasteiger partial charge in [0.2, 0.25) is 0 Å². The first-order valence-electron chi connectivity index (χ1n) is 6.20. The second-order valence-corrected chi connectivity index (χ2v) is 6.51. The molecule has 0 unspecified atom stereocenters. The van der Waals surface area contributed by atoms with Gasteiger partial charge in [-0.3, -0.25) is 0 Å². The summed E-state index contributed by atoms with van der Waals surface area (Å²) in [5.74, 6) is 1.57. The molecule has 1 aromatic rings. The summed E-state index contributed by atoms with van der Waals surface area (Å²) in [6, 6.07) is 4.85. The zero-order valence-corrected chi connectivity index (χ0v) is 13.1. The Hall–Kier alpha value is -0.645. The number of hydrogen-bond acceptors (Lipinski definition) is 2. The van der Waals surface area contributed by atoms with E-state index in [4.69, 9.17) is 9.31 Å². The Bertz CT molecular complexity index is 498.